The van der Waals surface area contributed by atoms with E-state index < -0.39 is 10.0 Å². The number of sulfonamides is 1. The maximum absolute atomic E-state index is 12.7. The van der Waals surface area contributed by atoms with Gasteiger partial charge in [0.25, 0.3) is 0 Å². The van der Waals surface area contributed by atoms with Gasteiger partial charge in [0.1, 0.15) is 0 Å². The number of amides is 1. The molecule has 2 aliphatic rings. The number of hydrogen-bond donors (Lipinski definition) is 0. The van der Waals surface area contributed by atoms with Crippen LogP contribution in [-0.4, -0.2) is 88.0 Å². The SMILES string of the molecule is CN(CC(=O)N1CCC(CCN2CCOCC2)CC1)S(=O)(=O)c1ccc(Br)cc1. The molecule has 0 atom stereocenters. The molecule has 0 spiro atoms. The van der Waals surface area contributed by atoms with Crippen LogP contribution in [-0.2, 0) is 19.6 Å². The Balaban J connectivity index is 1.44. The standard InChI is InChI=1S/C20H30BrN3O4S/c1-22(29(26,27)19-4-2-18(21)3-5-19)16-20(25)24-10-7-17(8-11-24)6-9-23-12-14-28-15-13-23/h2-5,17H,6-16H2,1H3. The summed E-state index contributed by atoms with van der Waals surface area (Å²) < 4.78 is 32.7. The predicted octanol–water partition coefficient (Wildman–Crippen LogP) is 2.03. The van der Waals surface area contributed by atoms with Crippen LogP contribution in [0.15, 0.2) is 33.6 Å². The summed E-state index contributed by atoms with van der Waals surface area (Å²) >= 11 is 3.30. The Morgan fingerprint density at radius 2 is 1.76 bits per heavy atom. The first-order chi connectivity index (χ1) is 13.9. The number of carbonyl (C=O) groups excluding carboxylic acids is 1. The molecule has 3 rings (SSSR count). The molecule has 0 aliphatic carbocycles. The van der Waals surface area contributed by atoms with Gasteiger partial charge in [0.05, 0.1) is 24.7 Å². The van der Waals surface area contributed by atoms with Crippen LogP contribution in [0.1, 0.15) is 19.3 Å². The van der Waals surface area contributed by atoms with E-state index in [1.807, 2.05) is 0 Å². The van der Waals surface area contributed by atoms with Crippen molar-refractivity contribution in [2.45, 2.75) is 24.2 Å². The fourth-order valence-corrected chi connectivity index (χ4v) is 5.21. The van der Waals surface area contributed by atoms with Crippen molar-refractivity contribution in [2.75, 3.05) is 59.5 Å². The molecular weight excluding hydrogens is 458 g/mol. The molecule has 1 amide bonds. The second kappa shape index (κ2) is 10.3. The number of carbonyl (C=O) groups is 1. The number of ether oxygens (including phenoxy) is 1. The molecule has 7 nitrogen and oxygen atoms in total. The Morgan fingerprint density at radius 1 is 1.14 bits per heavy atom. The van der Waals surface area contributed by atoms with E-state index >= 15 is 0 Å². The fraction of sp³-hybridized carbons (Fsp3) is 0.650. The van der Waals surface area contributed by atoms with Gasteiger partial charge >= 0.3 is 0 Å². The Kier molecular flexibility index (Phi) is 8.09. The first-order valence-electron chi connectivity index (χ1n) is 10.2. The van der Waals surface area contributed by atoms with Gasteiger partial charge in [-0.1, -0.05) is 15.9 Å². The number of rotatable bonds is 7. The highest BCUT2D eigenvalue weighted by atomic mass is 79.9. The van der Waals surface area contributed by atoms with Crippen molar-refractivity contribution in [3.8, 4) is 0 Å². The second-order valence-electron chi connectivity index (χ2n) is 7.78. The van der Waals surface area contributed by atoms with Gasteiger partial charge in [0.2, 0.25) is 15.9 Å². The van der Waals surface area contributed by atoms with E-state index in [1.165, 1.54) is 7.05 Å². The minimum absolute atomic E-state index is 0.125. The Hall–Kier alpha value is -1.00. The van der Waals surface area contributed by atoms with Gasteiger partial charge in [-0.3, -0.25) is 9.69 Å². The van der Waals surface area contributed by atoms with Crippen molar-refractivity contribution < 1.29 is 17.9 Å². The molecule has 1 aromatic carbocycles. The van der Waals surface area contributed by atoms with Crippen molar-refractivity contribution in [1.29, 1.82) is 0 Å². The van der Waals surface area contributed by atoms with Crippen LogP contribution >= 0.6 is 15.9 Å². The number of halogens is 1. The number of likely N-dealkylation sites (N-methyl/N-ethyl adjacent to an activating group) is 1. The number of benzene rings is 1. The summed E-state index contributed by atoms with van der Waals surface area (Å²) in [7, 11) is -2.21. The highest BCUT2D eigenvalue weighted by Crippen LogP contribution is 2.22. The van der Waals surface area contributed by atoms with Crippen molar-refractivity contribution >= 4 is 31.9 Å². The molecule has 29 heavy (non-hydrogen) atoms. The third kappa shape index (κ3) is 6.24. The third-order valence-corrected chi connectivity index (χ3v) is 8.15. The quantitative estimate of drug-likeness (QED) is 0.588. The van der Waals surface area contributed by atoms with Crippen LogP contribution in [0.3, 0.4) is 0 Å². The van der Waals surface area contributed by atoms with Gasteiger partial charge in [0, 0.05) is 37.7 Å². The minimum Gasteiger partial charge on any atom is -0.379 e. The topological polar surface area (TPSA) is 70.2 Å². The molecule has 2 aliphatic heterocycles. The lowest BCUT2D eigenvalue weighted by atomic mass is 9.93. The molecule has 2 saturated heterocycles. The monoisotopic (exact) mass is 487 g/mol. The number of hydrogen-bond acceptors (Lipinski definition) is 5. The first-order valence-corrected chi connectivity index (χ1v) is 12.4. The van der Waals surface area contributed by atoms with Gasteiger partial charge < -0.3 is 9.64 Å². The van der Waals surface area contributed by atoms with Crippen LogP contribution in [0.5, 0.6) is 0 Å². The first kappa shape index (κ1) is 22.7. The van der Waals surface area contributed by atoms with Gasteiger partial charge in [-0.05, 0) is 56.0 Å². The number of nitrogens with zero attached hydrogens (tertiary/aromatic N) is 3. The summed E-state index contributed by atoms with van der Waals surface area (Å²) in [5, 5.41) is 0. The van der Waals surface area contributed by atoms with Crippen LogP contribution in [0.25, 0.3) is 0 Å². The van der Waals surface area contributed by atoms with Crippen LogP contribution in [0.2, 0.25) is 0 Å². The number of piperidine rings is 1. The van der Waals surface area contributed by atoms with Crippen molar-refractivity contribution in [3.63, 3.8) is 0 Å². The van der Waals surface area contributed by atoms with Gasteiger partial charge in [-0.15, -0.1) is 0 Å². The smallest absolute Gasteiger partial charge is 0.243 e. The fourth-order valence-electron chi connectivity index (χ4n) is 3.82. The average molecular weight is 488 g/mol. The van der Waals surface area contributed by atoms with Crippen LogP contribution in [0, 0.1) is 5.92 Å². The Labute approximate surface area is 182 Å². The van der Waals surface area contributed by atoms with Crippen LogP contribution in [0.4, 0.5) is 0 Å². The maximum atomic E-state index is 12.7. The zero-order valence-electron chi connectivity index (χ0n) is 16.9. The normalized spacial score (nSPS) is 19.6. The van der Waals surface area contributed by atoms with Crippen molar-refractivity contribution in [3.05, 3.63) is 28.7 Å². The highest BCUT2D eigenvalue weighted by molar-refractivity contribution is 9.10. The number of morpholine rings is 1. The van der Waals surface area contributed by atoms with Crippen molar-refractivity contribution in [2.24, 2.45) is 5.92 Å². The molecular formula is C20H30BrN3O4S. The van der Waals surface area contributed by atoms with E-state index in [1.54, 1.807) is 29.2 Å². The van der Waals surface area contributed by atoms with E-state index in [2.05, 4.69) is 20.8 Å². The lowest BCUT2D eigenvalue weighted by Gasteiger charge is -2.34. The second-order valence-corrected chi connectivity index (χ2v) is 10.7. The van der Waals surface area contributed by atoms with Gasteiger partial charge in [-0.25, -0.2) is 8.42 Å². The number of likely N-dealkylation sites (tertiary alicyclic amines) is 1. The largest absolute Gasteiger partial charge is 0.379 e. The Morgan fingerprint density at radius 3 is 2.38 bits per heavy atom. The maximum Gasteiger partial charge on any atom is 0.243 e. The molecule has 2 heterocycles. The summed E-state index contributed by atoms with van der Waals surface area (Å²) in [5.41, 5.74) is 0. The summed E-state index contributed by atoms with van der Waals surface area (Å²) in [4.78, 5) is 17.1. The zero-order chi connectivity index (χ0) is 20.9. The highest BCUT2D eigenvalue weighted by Gasteiger charge is 2.28. The third-order valence-electron chi connectivity index (χ3n) is 5.80. The molecule has 0 saturated carbocycles. The minimum atomic E-state index is -3.67. The van der Waals surface area contributed by atoms with Crippen LogP contribution < -0.4 is 0 Å². The predicted molar refractivity (Wildman–Crippen MR) is 115 cm³/mol. The molecule has 9 heteroatoms. The molecule has 0 N–H and O–H groups in total. The molecule has 2 fully saturated rings. The molecule has 0 bridgehead atoms. The lowest BCUT2D eigenvalue weighted by molar-refractivity contribution is -0.132. The molecule has 1 aromatic rings. The van der Waals surface area contributed by atoms with E-state index in [0.717, 1.165) is 60.9 Å². The summed E-state index contributed by atoms with van der Waals surface area (Å²) in [6.45, 7) is 6.05. The Bertz CT molecular complexity index is 773. The van der Waals surface area contributed by atoms with E-state index in [9.17, 15) is 13.2 Å². The van der Waals surface area contributed by atoms with E-state index in [-0.39, 0.29) is 17.3 Å². The van der Waals surface area contributed by atoms with E-state index in [0.29, 0.717) is 19.0 Å². The average Bonchev–Trinajstić information content (AvgIpc) is 2.73. The van der Waals surface area contributed by atoms with E-state index in [4.69, 9.17) is 4.74 Å². The van der Waals surface area contributed by atoms with Gasteiger partial charge in [-0.2, -0.15) is 4.31 Å². The summed E-state index contributed by atoms with van der Waals surface area (Å²) in [6.07, 6.45) is 3.12. The summed E-state index contributed by atoms with van der Waals surface area (Å²) in [5.74, 6) is 0.505. The lowest BCUT2D eigenvalue weighted by Crippen LogP contribution is -2.45. The molecule has 162 valence electrons. The molecule has 0 aromatic heterocycles. The molecule has 0 unspecified atom stereocenters. The van der Waals surface area contributed by atoms with Crippen molar-refractivity contribution in [1.82, 2.24) is 14.1 Å². The summed E-state index contributed by atoms with van der Waals surface area (Å²) in [6, 6.07) is 6.45. The molecule has 0 radical (unpaired) electrons. The zero-order valence-corrected chi connectivity index (χ0v) is 19.3. The van der Waals surface area contributed by atoms with Gasteiger partial charge in [0.15, 0.2) is 0 Å².